The molecular formula is C12H18N2O7. The molecule has 0 heterocycles. The summed E-state index contributed by atoms with van der Waals surface area (Å²) in [6, 6.07) is -0.754. The number of rotatable bonds is 8. The number of carbonyl (C=O) groups excluding carboxylic acids is 3. The molecule has 0 aromatic carbocycles. The van der Waals surface area contributed by atoms with Gasteiger partial charge in [-0.2, -0.15) is 0 Å². The number of methoxy groups -OCH3 is 2. The molecular weight excluding hydrogens is 284 g/mol. The van der Waals surface area contributed by atoms with Crippen LogP contribution in [-0.4, -0.2) is 67.8 Å². The maximum Gasteiger partial charge on any atom is 0.328 e. The van der Waals surface area contributed by atoms with E-state index in [0.29, 0.717) is 6.08 Å². The molecule has 0 radical (unpaired) electrons. The monoisotopic (exact) mass is 302 g/mol. The van der Waals surface area contributed by atoms with Crippen molar-refractivity contribution in [1.29, 1.82) is 0 Å². The molecule has 0 aromatic rings. The van der Waals surface area contributed by atoms with Gasteiger partial charge in [-0.1, -0.05) is 0 Å². The molecule has 0 atom stereocenters. The van der Waals surface area contributed by atoms with Gasteiger partial charge in [0, 0.05) is 32.4 Å². The quantitative estimate of drug-likeness (QED) is 0.452. The second-order valence-corrected chi connectivity index (χ2v) is 3.77. The van der Waals surface area contributed by atoms with Crippen LogP contribution in [0.2, 0.25) is 0 Å². The number of esters is 1. The van der Waals surface area contributed by atoms with Gasteiger partial charge in [0.25, 0.3) is 5.91 Å². The molecule has 118 valence electrons. The summed E-state index contributed by atoms with van der Waals surface area (Å²) < 4.78 is 9.28. The molecule has 0 rings (SSSR count). The number of hydrogen-bond donors (Lipinski definition) is 2. The predicted molar refractivity (Wildman–Crippen MR) is 70.4 cm³/mol. The number of urea groups is 1. The highest BCUT2D eigenvalue weighted by Gasteiger charge is 2.16. The van der Waals surface area contributed by atoms with Crippen LogP contribution in [0.1, 0.15) is 6.42 Å². The SMILES string of the molecule is COCCN(CCC(=O)OC)C(=O)NC(=O)/C=C/C(=O)O. The first kappa shape index (κ1) is 18.6. The lowest BCUT2D eigenvalue weighted by Crippen LogP contribution is -2.44. The largest absolute Gasteiger partial charge is 0.478 e. The number of amides is 3. The summed E-state index contributed by atoms with van der Waals surface area (Å²) in [7, 11) is 2.67. The normalized spacial score (nSPS) is 10.2. The minimum absolute atomic E-state index is 0.0349. The average Bonchev–Trinajstić information content (AvgIpc) is 2.44. The summed E-state index contributed by atoms with van der Waals surface area (Å²) in [6.07, 6.45) is 1.29. The number of hydrogen-bond acceptors (Lipinski definition) is 6. The van der Waals surface area contributed by atoms with Crippen molar-refractivity contribution in [1.82, 2.24) is 10.2 Å². The van der Waals surface area contributed by atoms with E-state index in [0.717, 1.165) is 6.08 Å². The first-order valence-corrected chi connectivity index (χ1v) is 5.97. The number of nitrogens with one attached hydrogen (secondary N) is 1. The van der Waals surface area contributed by atoms with E-state index in [4.69, 9.17) is 9.84 Å². The number of carboxylic acids is 1. The van der Waals surface area contributed by atoms with Crippen LogP contribution in [0.25, 0.3) is 0 Å². The van der Waals surface area contributed by atoms with E-state index in [9.17, 15) is 19.2 Å². The van der Waals surface area contributed by atoms with Gasteiger partial charge in [-0.05, 0) is 0 Å². The molecule has 0 aliphatic carbocycles. The summed E-state index contributed by atoms with van der Waals surface area (Å²) >= 11 is 0. The minimum Gasteiger partial charge on any atom is -0.478 e. The number of carboxylic acid groups (broad SMARTS) is 1. The molecule has 0 saturated heterocycles. The van der Waals surface area contributed by atoms with Crippen LogP contribution in [0.15, 0.2) is 12.2 Å². The number of carbonyl (C=O) groups is 4. The molecule has 0 aliphatic rings. The maximum absolute atomic E-state index is 11.8. The molecule has 2 N–H and O–H groups in total. The fraction of sp³-hybridized carbons (Fsp3) is 0.500. The van der Waals surface area contributed by atoms with E-state index in [1.54, 1.807) is 0 Å². The Balaban J connectivity index is 4.52. The maximum atomic E-state index is 11.8. The smallest absolute Gasteiger partial charge is 0.328 e. The number of imide groups is 1. The number of nitrogens with zero attached hydrogens (tertiary/aromatic N) is 1. The average molecular weight is 302 g/mol. The predicted octanol–water partition coefficient (Wildman–Crippen LogP) is -0.625. The van der Waals surface area contributed by atoms with E-state index in [1.165, 1.54) is 19.1 Å². The molecule has 0 bridgehead atoms. The van der Waals surface area contributed by atoms with Crippen LogP contribution in [0, 0.1) is 0 Å². The molecule has 0 fully saturated rings. The fourth-order valence-electron chi connectivity index (χ4n) is 1.22. The lowest BCUT2D eigenvalue weighted by Gasteiger charge is -2.21. The van der Waals surface area contributed by atoms with Crippen molar-refractivity contribution in [2.75, 3.05) is 33.9 Å². The Hall–Kier alpha value is -2.42. The van der Waals surface area contributed by atoms with E-state index >= 15 is 0 Å². The van der Waals surface area contributed by atoms with Gasteiger partial charge < -0.3 is 19.5 Å². The fourth-order valence-corrected chi connectivity index (χ4v) is 1.22. The van der Waals surface area contributed by atoms with Gasteiger partial charge >= 0.3 is 18.0 Å². The van der Waals surface area contributed by atoms with Crippen LogP contribution in [0.4, 0.5) is 4.79 Å². The standard InChI is InChI=1S/C12H18N2O7/c1-20-8-7-14(6-5-11(18)21-2)12(19)13-9(15)3-4-10(16)17/h3-4H,5-8H2,1-2H3,(H,16,17)(H,13,15,19)/b4-3+. The molecule has 0 aromatic heterocycles. The second-order valence-electron chi connectivity index (χ2n) is 3.77. The molecule has 0 unspecified atom stereocenters. The van der Waals surface area contributed by atoms with E-state index in [2.05, 4.69) is 4.74 Å². The van der Waals surface area contributed by atoms with Crippen molar-refractivity contribution in [2.24, 2.45) is 0 Å². The van der Waals surface area contributed by atoms with Crippen molar-refractivity contribution in [3.63, 3.8) is 0 Å². The van der Waals surface area contributed by atoms with Gasteiger partial charge in [-0.25, -0.2) is 9.59 Å². The van der Waals surface area contributed by atoms with Crippen molar-refractivity contribution in [3.8, 4) is 0 Å². The van der Waals surface area contributed by atoms with Gasteiger partial charge in [0.05, 0.1) is 20.1 Å². The van der Waals surface area contributed by atoms with Gasteiger partial charge in [0.2, 0.25) is 0 Å². The molecule has 0 aliphatic heterocycles. The zero-order valence-electron chi connectivity index (χ0n) is 11.8. The Kier molecular flexibility index (Phi) is 9.18. The molecule has 21 heavy (non-hydrogen) atoms. The topological polar surface area (TPSA) is 122 Å². The van der Waals surface area contributed by atoms with E-state index in [-0.39, 0.29) is 26.1 Å². The van der Waals surface area contributed by atoms with Crippen LogP contribution in [0.5, 0.6) is 0 Å². The Labute approximate surface area is 121 Å². The highest BCUT2D eigenvalue weighted by Crippen LogP contribution is 1.95. The van der Waals surface area contributed by atoms with Crippen LogP contribution >= 0.6 is 0 Å². The first-order chi connectivity index (χ1) is 9.90. The van der Waals surface area contributed by atoms with Crippen molar-refractivity contribution >= 4 is 23.9 Å². The third kappa shape index (κ3) is 9.16. The molecule has 9 heteroatoms. The molecule has 9 nitrogen and oxygen atoms in total. The summed E-state index contributed by atoms with van der Waals surface area (Å²) in [5.41, 5.74) is 0. The zero-order chi connectivity index (χ0) is 16.3. The lowest BCUT2D eigenvalue weighted by molar-refractivity contribution is -0.140. The lowest BCUT2D eigenvalue weighted by atomic mass is 10.4. The Morgan fingerprint density at radius 2 is 1.81 bits per heavy atom. The van der Waals surface area contributed by atoms with Crippen molar-refractivity contribution < 1.29 is 33.8 Å². The summed E-state index contributed by atoms with van der Waals surface area (Å²) in [4.78, 5) is 45.6. The van der Waals surface area contributed by atoms with Crippen LogP contribution in [0.3, 0.4) is 0 Å². The van der Waals surface area contributed by atoms with Crippen molar-refractivity contribution in [3.05, 3.63) is 12.2 Å². The van der Waals surface area contributed by atoms with Gasteiger partial charge in [0.1, 0.15) is 0 Å². The van der Waals surface area contributed by atoms with Crippen LogP contribution < -0.4 is 5.32 Å². The minimum atomic E-state index is -1.31. The Morgan fingerprint density at radius 3 is 2.33 bits per heavy atom. The van der Waals surface area contributed by atoms with Gasteiger partial charge in [0.15, 0.2) is 0 Å². The van der Waals surface area contributed by atoms with Gasteiger partial charge in [-0.3, -0.25) is 14.9 Å². The van der Waals surface area contributed by atoms with Gasteiger partial charge in [-0.15, -0.1) is 0 Å². The summed E-state index contributed by atoms with van der Waals surface area (Å²) in [6.45, 7) is 0.417. The Morgan fingerprint density at radius 1 is 1.14 bits per heavy atom. The molecule has 3 amide bonds. The zero-order valence-corrected chi connectivity index (χ0v) is 11.8. The van der Waals surface area contributed by atoms with E-state index < -0.39 is 23.9 Å². The summed E-state index contributed by atoms with van der Waals surface area (Å²) in [5.74, 6) is -2.68. The third-order valence-corrected chi connectivity index (χ3v) is 2.27. The number of ether oxygens (including phenoxy) is 2. The molecule has 0 spiro atoms. The molecule has 0 saturated carbocycles. The Bertz CT molecular complexity index is 420. The third-order valence-electron chi connectivity index (χ3n) is 2.27. The van der Waals surface area contributed by atoms with Crippen molar-refractivity contribution in [2.45, 2.75) is 6.42 Å². The highest BCUT2D eigenvalue weighted by atomic mass is 16.5. The highest BCUT2D eigenvalue weighted by molar-refractivity contribution is 6.02. The first-order valence-electron chi connectivity index (χ1n) is 5.97. The summed E-state index contributed by atoms with van der Waals surface area (Å²) in [5, 5.41) is 10.3. The number of aliphatic carboxylic acids is 1. The van der Waals surface area contributed by atoms with Crippen LogP contribution in [-0.2, 0) is 23.9 Å². The second kappa shape index (κ2) is 10.4. The van der Waals surface area contributed by atoms with E-state index in [1.807, 2.05) is 5.32 Å².